The van der Waals surface area contributed by atoms with Crippen LogP contribution in [0.25, 0.3) is 0 Å². The molecule has 2 nitrogen and oxygen atoms in total. The maximum atomic E-state index is 10.2. The van der Waals surface area contributed by atoms with Gasteiger partial charge in [0, 0.05) is 4.88 Å². The van der Waals surface area contributed by atoms with Crippen LogP contribution in [-0.2, 0) is 0 Å². The number of aromatic carboxylic acids is 1. The van der Waals surface area contributed by atoms with Crippen molar-refractivity contribution in [2.45, 2.75) is 6.92 Å². The first-order chi connectivity index (χ1) is 4.20. The first kappa shape index (κ1) is 9.46. The molecule has 0 spiro atoms. The van der Waals surface area contributed by atoms with Gasteiger partial charge < -0.3 is 5.11 Å². The summed E-state index contributed by atoms with van der Waals surface area (Å²) in [5.41, 5.74) is 0. The second-order valence-electron chi connectivity index (χ2n) is 1.72. The summed E-state index contributed by atoms with van der Waals surface area (Å²) in [5, 5.41) is 8.41. The predicted molar refractivity (Wildman–Crippen MR) is 43.3 cm³/mol. The Morgan fingerprint density at radius 2 is 2.20 bits per heavy atom. The Kier molecular flexibility index (Phi) is 3.39. The largest absolute Gasteiger partial charge is 0.477 e. The summed E-state index contributed by atoms with van der Waals surface area (Å²) >= 11 is 1.30. The normalized spacial score (nSPS) is 8.50. The molecule has 10 heavy (non-hydrogen) atoms. The van der Waals surface area contributed by atoms with Crippen LogP contribution < -0.4 is 0 Å². The number of halogens is 1. The van der Waals surface area contributed by atoms with Crippen molar-refractivity contribution in [1.29, 1.82) is 0 Å². The fourth-order valence-corrected chi connectivity index (χ4v) is 1.26. The quantitative estimate of drug-likeness (QED) is 0.716. The molecule has 0 aliphatic carbocycles. The Bertz CT molecular complexity index is 231. The van der Waals surface area contributed by atoms with Gasteiger partial charge in [0.1, 0.15) is 4.88 Å². The average molecular weight is 179 g/mol. The highest BCUT2D eigenvalue weighted by molar-refractivity contribution is 7.13. The zero-order valence-corrected chi connectivity index (χ0v) is 6.96. The van der Waals surface area contributed by atoms with E-state index in [0.717, 1.165) is 4.88 Å². The third kappa shape index (κ3) is 2.01. The molecule has 1 aromatic heterocycles. The summed E-state index contributed by atoms with van der Waals surface area (Å²) in [6, 6.07) is 3.41. The molecule has 0 fully saturated rings. The summed E-state index contributed by atoms with van der Waals surface area (Å²) in [4.78, 5) is 11.7. The molecular weight excluding hydrogens is 172 g/mol. The molecule has 1 heterocycles. The van der Waals surface area contributed by atoms with E-state index >= 15 is 0 Å². The number of carbonyl (C=O) groups is 1. The second-order valence-corrected chi connectivity index (χ2v) is 3.00. The molecule has 4 heteroatoms. The summed E-state index contributed by atoms with van der Waals surface area (Å²) in [7, 11) is 0. The molecule has 0 aromatic carbocycles. The molecule has 1 N–H and O–H groups in total. The highest BCUT2D eigenvalue weighted by Gasteiger charge is 2.02. The fourth-order valence-electron chi connectivity index (χ4n) is 0.549. The van der Waals surface area contributed by atoms with Crippen LogP contribution in [0.4, 0.5) is 0 Å². The number of hydrogen-bond acceptors (Lipinski definition) is 2. The predicted octanol–water partition coefficient (Wildman–Crippen LogP) is 2.18. The Labute approximate surface area is 68.9 Å². The van der Waals surface area contributed by atoms with Gasteiger partial charge in [0.25, 0.3) is 0 Å². The lowest BCUT2D eigenvalue weighted by molar-refractivity contribution is 0.0702. The van der Waals surface area contributed by atoms with E-state index in [1.165, 1.54) is 11.3 Å². The van der Waals surface area contributed by atoms with Gasteiger partial charge in [0.15, 0.2) is 0 Å². The molecule has 0 unspecified atom stereocenters. The molecular formula is C6H7ClO2S. The van der Waals surface area contributed by atoms with Crippen molar-refractivity contribution in [3.8, 4) is 0 Å². The molecule has 1 rings (SSSR count). The van der Waals surface area contributed by atoms with Crippen molar-refractivity contribution in [3.63, 3.8) is 0 Å². The minimum Gasteiger partial charge on any atom is -0.477 e. The van der Waals surface area contributed by atoms with E-state index in [1.807, 2.05) is 6.92 Å². The van der Waals surface area contributed by atoms with Crippen LogP contribution in [0.5, 0.6) is 0 Å². The van der Waals surface area contributed by atoms with Gasteiger partial charge in [-0.3, -0.25) is 0 Å². The van der Waals surface area contributed by atoms with E-state index in [-0.39, 0.29) is 12.4 Å². The van der Waals surface area contributed by atoms with Crippen LogP contribution in [-0.4, -0.2) is 11.1 Å². The molecule has 0 atom stereocenters. The average Bonchev–Trinajstić information content (AvgIpc) is 2.14. The molecule has 0 aliphatic heterocycles. The van der Waals surface area contributed by atoms with Crippen molar-refractivity contribution in [1.82, 2.24) is 0 Å². The summed E-state index contributed by atoms with van der Waals surface area (Å²) in [5.74, 6) is -0.840. The number of carboxylic acids is 1. The van der Waals surface area contributed by atoms with Crippen molar-refractivity contribution in [3.05, 3.63) is 21.9 Å². The van der Waals surface area contributed by atoms with Gasteiger partial charge in [-0.25, -0.2) is 4.79 Å². The van der Waals surface area contributed by atoms with Gasteiger partial charge in [-0.1, -0.05) is 0 Å². The maximum absolute atomic E-state index is 10.2. The Balaban J connectivity index is 0.000000810. The third-order valence-electron chi connectivity index (χ3n) is 0.951. The highest BCUT2D eigenvalue weighted by Crippen LogP contribution is 2.13. The molecule has 0 saturated heterocycles. The first-order valence-electron chi connectivity index (χ1n) is 2.50. The van der Waals surface area contributed by atoms with Crippen LogP contribution in [0.15, 0.2) is 12.1 Å². The summed E-state index contributed by atoms with van der Waals surface area (Å²) in [6.07, 6.45) is 0. The van der Waals surface area contributed by atoms with E-state index in [2.05, 4.69) is 0 Å². The summed E-state index contributed by atoms with van der Waals surface area (Å²) < 4.78 is 0. The maximum Gasteiger partial charge on any atom is 0.345 e. The number of rotatable bonds is 1. The molecule has 0 bridgehead atoms. The van der Waals surface area contributed by atoms with Gasteiger partial charge in [-0.05, 0) is 19.1 Å². The van der Waals surface area contributed by atoms with Gasteiger partial charge in [-0.15, -0.1) is 23.7 Å². The number of aryl methyl sites for hydroxylation is 1. The van der Waals surface area contributed by atoms with Crippen molar-refractivity contribution < 1.29 is 9.90 Å². The van der Waals surface area contributed by atoms with Crippen molar-refractivity contribution in [2.24, 2.45) is 0 Å². The van der Waals surface area contributed by atoms with E-state index in [9.17, 15) is 4.79 Å². The van der Waals surface area contributed by atoms with Gasteiger partial charge in [0.2, 0.25) is 0 Å². The topological polar surface area (TPSA) is 37.3 Å². The van der Waals surface area contributed by atoms with Crippen LogP contribution in [0.1, 0.15) is 14.5 Å². The molecule has 56 valence electrons. The van der Waals surface area contributed by atoms with Gasteiger partial charge in [0.05, 0.1) is 0 Å². The smallest absolute Gasteiger partial charge is 0.345 e. The third-order valence-corrected chi connectivity index (χ3v) is 1.94. The van der Waals surface area contributed by atoms with Crippen LogP contribution in [0.3, 0.4) is 0 Å². The van der Waals surface area contributed by atoms with Gasteiger partial charge in [-0.2, -0.15) is 0 Å². The molecule has 1 aromatic rings. The number of carboxylic acid groups (broad SMARTS) is 1. The van der Waals surface area contributed by atoms with E-state index in [1.54, 1.807) is 12.1 Å². The van der Waals surface area contributed by atoms with Crippen LogP contribution in [0, 0.1) is 6.92 Å². The van der Waals surface area contributed by atoms with E-state index < -0.39 is 5.97 Å². The first-order valence-corrected chi connectivity index (χ1v) is 3.31. The second kappa shape index (κ2) is 3.58. The van der Waals surface area contributed by atoms with E-state index in [0.29, 0.717) is 4.88 Å². The van der Waals surface area contributed by atoms with Crippen LogP contribution >= 0.6 is 23.7 Å². The van der Waals surface area contributed by atoms with Crippen molar-refractivity contribution in [2.75, 3.05) is 0 Å². The molecule has 0 saturated carbocycles. The summed E-state index contributed by atoms with van der Waals surface area (Å²) in [6.45, 7) is 1.89. The SMILES string of the molecule is Cc1ccc(C(=O)O)s1.Cl. The lowest BCUT2D eigenvalue weighted by Crippen LogP contribution is -1.89. The standard InChI is InChI=1S/C6H6O2S.ClH/c1-4-2-3-5(9-4)6(7)8;/h2-3H,1H3,(H,7,8);1H. The zero-order chi connectivity index (χ0) is 6.85. The molecule has 0 radical (unpaired) electrons. The minimum absolute atomic E-state index is 0. The lowest BCUT2D eigenvalue weighted by atomic mass is 10.4. The lowest BCUT2D eigenvalue weighted by Gasteiger charge is -1.80. The number of thiophene rings is 1. The van der Waals surface area contributed by atoms with Gasteiger partial charge >= 0.3 is 5.97 Å². The Hall–Kier alpha value is -0.540. The molecule has 0 amide bonds. The highest BCUT2D eigenvalue weighted by atomic mass is 35.5. The fraction of sp³-hybridized carbons (Fsp3) is 0.167. The monoisotopic (exact) mass is 178 g/mol. The molecule has 0 aliphatic rings. The number of hydrogen-bond donors (Lipinski definition) is 1. The van der Waals surface area contributed by atoms with Crippen LogP contribution in [0.2, 0.25) is 0 Å². The Morgan fingerprint density at radius 1 is 1.60 bits per heavy atom. The zero-order valence-electron chi connectivity index (χ0n) is 5.33. The Morgan fingerprint density at radius 3 is 2.40 bits per heavy atom. The minimum atomic E-state index is -0.840. The van der Waals surface area contributed by atoms with Crippen molar-refractivity contribution >= 4 is 29.7 Å². The van der Waals surface area contributed by atoms with E-state index in [4.69, 9.17) is 5.11 Å².